The summed E-state index contributed by atoms with van der Waals surface area (Å²) in [6.07, 6.45) is 2.01. The number of aromatic nitrogens is 2. The van der Waals surface area contributed by atoms with Crippen molar-refractivity contribution in [3.8, 4) is 0 Å². The minimum Gasteiger partial charge on any atom is -0.347 e. The van der Waals surface area contributed by atoms with Gasteiger partial charge in [0, 0.05) is 50.6 Å². The normalized spacial score (nSPS) is 17.0. The molecule has 0 unspecified atom stereocenters. The average molecular weight is 282 g/mol. The van der Waals surface area contributed by atoms with Crippen molar-refractivity contribution >= 4 is 22.6 Å². The second kappa shape index (κ2) is 5.86. The van der Waals surface area contributed by atoms with E-state index in [9.17, 15) is 4.79 Å². The number of carbonyl (C=O) groups is 1. The number of piperidine rings is 1. The van der Waals surface area contributed by atoms with Crippen molar-refractivity contribution in [2.75, 3.05) is 25.0 Å². The second-order valence-electron chi connectivity index (χ2n) is 5.44. The lowest BCUT2D eigenvalue weighted by molar-refractivity contribution is -0.129. The average Bonchev–Trinajstić information content (AvgIpc) is 2.87. The predicted octanol–water partition coefficient (Wildman–Crippen LogP) is 2.11. The standard InChI is InChI=1S/C13H22N4OS/c1-9(2)12-14-13(19-15-12)17-7-5-11(6-8-17)16(4)10(3)18/h9,11H,5-8H2,1-4H3. The van der Waals surface area contributed by atoms with E-state index in [1.165, 1.54) is 11.5 Å². The fourth-order valence-electron chi connectivity index (χ4n) is 2.29. The molecule has 1 amide bonds. The van der Waals surface area contributed by atoms with Crippen LogP contribution in [0.3, 0.4) is 0 Å². The molecule has 1 saturated heterocycles. The summed E-state index contributed by atoms with van der Waals surface area (Å²) in [5.74, 6) is 1.46. The van der Waals surface area contributed by atoms with Crippen molar-refractivity contribution in [2.24, 2.45) is 0 Å². The fraction of sp³-hybridized carbons (Fsp3) is 0.769. The molecule has 1 aromatic rings. The molecule has 2 rings (SSSR count). The smallest absolute Gasteiger partial charge is 0.219 e. The van der Waals surface area contributed by atoms with Crippen molar-refractivity contribution in [2.45, 2.75) is 45.6 Å². The minimum atomic E-state index is 0.149. The van der Waals surface area contributed by atoms with Crippen LogP contribution in [0.15, 0.2) is 0 Å². The molecule has 19 heavy (non-hydrogen) atoms. The zero-order chi connectivity index (χ0) is 14.0. The van der Waals surface area contributed by atoms with E-state index in [4.69, 9.17) is 0 Å². The van der Waals surface area contributed by atoms with Gasteiger partial charge in [0.15, 0.2) is 0 Å². The van der Waals surface area contributed by atoms with Crippen molar-refractivity contribution in [1.29, 1.82) is 0 Å². The van der Waals surface area contributed by atoms with Crippen molar-refractivity contribution < 1.29 is 4.79 Å². The van der Waals surface area contributed by atoms with E-state index in [2.05, 4.69) is 28.1 Å². The van der Waals surface area contributed by atoms with Gasteiger partial charge in [0.25, 0.3) is 0 Å². The Bertz CT molecular complexity index is 438. The number of nitrogens with zero attached hydrogens (tertiary/aromatic N) is 4. The molecule has 0 N–H and O–H groups in total. The van der Waals surface area contributed by atoms with E-state index < -0.39 is 0 Å². The minimum absolute atomic E-state index is 0.149. The molecule has 1 aromatic heterocycles. The topological polar surface area (TPSA) is 49.3 Å². The molecule has 0 aliphatic carbocycles. The van der Waals surface area contributed by atoms with Gasteiger partial charge in [-0.1, -0.05) is 13.8 Å². The van der Waals surface area contributed by atoms with Crippen LogP contribution in [0.5, 0.6) is 0 Å². The van der Waals surface area contributed by atoms with Gasteiger partial charge in [0.05, 0.1) is 0 Å². The van der Waals surface area contributed by atoms with Crippen LogP contribution in [0.2, 0.25) is 0 Å². The molecule has 0 spiro atoms. The van der Waals surface area contributed by atoms with Crippen molar-refractivity contribution in [3.63, 3.8) is 0 Å². The molecule has 5 nitrogen and oxygen atoms in total. The molecule has 106 valence electrons. The van der Waals surface area contributed by atoms with E-state index in [1.807, 2.05) is 11.9 Å². The third-order valence-corrected chi connectivity index (χ3v) is 4.52. The van der Waals surface area contributed by atoms with Crippen LogP contribution < -0.4 is 4.90 Å². The number of rotatable bonds is 3. The Kier molecular flexibility index (Phi) is 4.39. The molecule has 0 aromatic carbocycles. The first-order valence-corrected chi connectivity index (χ1v) is 7.58. The van der Waals surface area contributed by atoms with E-state index in [0.717, 1.165) is 36.9 Å². The molecule has 1 aliphatic rings. The highest BCUT2D eigenvalue weighted by atomic mass is 32.1. The maximum absolute atomic E-state index is 11.4. The summed E-state index contributed by atoms with van der Waals surface area (Å²) >= 11 is 1.48. The van der Waals surface area contributed by atoms with E-state index in [-0.39, 0.29) is 5.91 Å². The largest absolute Gasteiger partial charge is 0.347 e. The SMILES string of the molecule is CC(=O)N(C)C1CCN(c2nc(C(C)C)ns2)CC1. The molecule has 6 heteroatoms. The van der Waals surface area contributed by atoms with Gasteiger partial charge in [-0.15, -0.1) is 0 Å². The Morgan fingerprint density at radius 1 is 1.42 bits per heavy atom. The maximum Gasteiger partial charge on any atom is 0.219 e. The Hall–Kier alpha value is -1.17. The molecular formula is C13H22N4OS. The summed E-state index contributed by atoms with van der Waals surface area (Å²) in [7, 11) is 1.89. The number of hydrogen-bond donors (Lipinski definition) is 0. The highest BCUT2D eigenvalue weighted by Gasteiger charge is 2.25. The summed E-state index contributed by atoms with van der Waals surface area (Å²) in [5, 5.41) is 1.02. The van der Waals surface area contributed by atoms with Crippen LogP contribution in [-0.4, -0.2) is 46.3 Å². The summed E-state index contributed by atoms with van der Waals surface area (Å²) in [6.45, 7) is 7.76. The Morgan fingerprint density at radius 2 is 2.05 bits per heavy atom. The third-order valence-electron chi connectivity index (χ3n) is 3.73. The molecule has 1 aliphatic heterocycles. The first-order chi connectivity index (χ1) is 8.99. The molecular weight excluding hydrogens is 260 g/mol. The summed E-state index contributed by atoms with van der Waals surface area (Å²) < 4.78 is 4.40. The first kappa shape index (κ1) is 14.2. The summed E-state index contributed by atoms with van der Waals surface area (Å²) in [5.41, 5.74) is 0. The van der Waals surface area contributed by atoms with Gasteiger partial charge in [-0.2, -0.15) is 4.37 Å². The maximum atomic E-state index is 11.4. The van der Waals surface area contributed by atoms with Crippen molar-refractivity contribution in [3.05, 3.63) is 5.82 Å². The third kappa shape index (κ3) is 3.23. The van der Waals surface area contributed by atoms with Gasteiger partial charge < -0.3 is 9.80 Å². The predicted molar refractivity (Wildman–Crippen MR) is 77.7 cm³/mol. The van der Waals surface area contributed by atoms with E-state index in [0.29, 0.717) is 12.0 Å². The fourth-order valence-corrected chi connectivity index (χ4v) is 3.15. The quantitative estimate of drug-likeness (QED) is 0.852. The van der Waals surface area contributed by atoms with Crippen LogP contribution in [0.25, 0.3) is 0 Å². The number of amides is 1. The molecule has 0 bridgehead atoms. The first-order valence-electron chi connectivity index (χ1n) is 6.81. The number of anilines is 1. The van der Waals surface area contributed by atoms with Crippen LogP contribution in [0.4, 0.5) is 5.13 Å². The van der Waals surface area contributed by atoms with Gasteiger partial charge in [0.2, 0.25) is 11.0 Å². The molecule has 0 radical (unpaired) electrons. The van der Waals surface area contributed by atoms with Crippen LogP contribution in [-0.2, 0) is 4.79 Å². The zero-order valence-corrected chi connectivity index (χ0v) is 12.9. The Balaban J connectivity index is 1.94. The highest BCUT2D eigenvalue weighted by molar-refractivity contribution is 7.09. The van der Waals surface area contributed by atoms with Gasteiger partial charge in [-0.25, -0.2) is 4.98 Å². The summed E-state index contributed by atoms with van der Waals surface area (Å²) in [4.78, 5) is 20.1. The van der Waals surface area contributed by atoms with E-state index in [1.54, 1.807) is 6.92 Å². The number of carbonyl (C=O) groups excluding carboxylic acids is 1. The highest BCUT2D eigenvalue weighted by Crippen LogP contribution is 2.25. The molecule has 0 saturated carbocycles. The molecule has 2 heterocycles. The lowest BCUT2D eigenvalue weighted by Crippen LogP contribution is -2.45. The lowest BCUT2D eigenvalue weighted by atomic mass is 10.0. The Labute approximate surface area is 118 Å². The van der Waals surface area contributed by atoms with Gasteiger partial charge in [-0.3, -0.25) is 4.79 Å². The van der Waals surface area contributed by atoms with Crippen LogP contribution in [0, 0.1) is 0 Å². The van der Waals surface area contributed by atoms with E-state index >= 15 is 0 Å². The summed E-state index contributed by atoms with van der Waals surface area (Å²) in [6, 6.07) is 0.367. The zero-order valence-electron chi connectivity index (χ0n) is 12.1. The van der Waals surface area contributed by atoms with Gasteiger partial charge >= 0.3 is 0 Å². The Morgan fingerprint density at radius 3 is 2.53 bits per heavy atom. The van der Waals surface area contributed by atoms with Gasteiger partial charge in [-0.05, 0) is 12.8 Å². The van der Waals surface area contributed by atoms with Crippen LogP contribution >= 0.6 is 11.5 Å². The molecule has 0 atom stereocenters. The van der Waals surface area contributed by atoms with Crippen molar-refractivity contribution in [1.82, 2.24) is 14.3 Å². The second-order valence-corrected chi connectivity index (χ2v) is 6.17. The lowest BCUT2D eigenvalue weighted by Gasteiger charge is -2.36. The van der Waals surface area contributed by atoms with Crippen LogP contribution in [0.1, 0.15) is 45.4 Å². The molecule has 1 fully saturated rings. The monoisotopic (exact) mass is 282 g/mol. The van der Waals surface area contributed by atoms with Gasteiger partial charge in [0.1, 0.15) is 5.82 Å². The number of hydrogen-bond acceptors (Lipinski definition) is 5.